The van der Waals surface area contributed by atoms with Gasteiger partial charge < -0.3 is 10.2 Å². The summed E-state index contributed by atoms with van der Waals surface area (Å²) in [6, 6.07) is 7.57. The molecular weight excluding hydrogens is 228 g/mol. The highest BCUT2D eigenvalue weighted by molar-refractivity contribution is 6.40. The number of carbonyl (C=O) groups excluding carboxylic acids is 2. The van der Waals surface area contributed by atoms with Crippen molar-refractivity contribution in [3.8, 4) is 0 Å². The molecule has 0 fully saturated rings. The van der Waals surface area contributed by atoms with Crippen LogP contribution >= 0.6 is 0 Å². The zero-order valence-electron chi connectivity index (χ0n) is 11.2. The summed E-state index contributed by atoms with van der Waals surface area (Å²) in [7, 11) is 0. The molecule has 0 atom stereocenters. The predicted octanol–water partition coefficient (Wildman–Crippen LogP) is 1.87. The SMILES string of the molecule is CCCNC(=O)C(=O)N(CC)c1cccc(C)c1. The number of nitrogens with zero attached hydrogens (tertiary/aromatic N) is 1. The van der Waals surface area contributed by atoms with Crippen LogP contribution < -0.4 is 10.2 Å². The Morgan fingerprint density at radius 3 is 2.56 bits per heavy atom. The van der Waals surface area contributed by atoms with E-state index in [1.165, 1.54) is 4.90 Å². The molecule has 0 aliphatic carbocycles. The first kappa shape index (κ1) is 14.2. The highest BCUT2D eigenvalue weighted by Crippen LogP contribution is 2.15. The molecule has 18 heavy (non-hydrogen) atoms. The number of benzene rings is 1. The minimum Gasteiger partial charge on any atom is -0.348 e. The van der Waals surface area contributed by atoms with Crippen LogP contribution in [0, 0.1) is 6.92 Å². The maximum Gasteiger partial charge on any atom is 0.316 e. The second-order valence-electron chi connectivity index (χ2n) is 4.14. The molecule has 2 amide bonds. The lowest BCUT2D eigenvalue weighted by Crippen LogP contribution is -2.43. The van der Waals surface area contributed by atoms with Crippen LogP contribution in [-0.2, 0) is 9.59 Å². The maximum atomic E-state index is 12.0. The third-order valence-corrected chi connectivity index (χ3v) is 2.60. The van der Waals surface area contributed by atoms with Crippen LogP contribution in [0.15, 0.2) is 24.3 Å². The zero-order valence-corrected chi connectivity index (χ0v) is 11.2. The van der Waals surface area contributed by atoms with Gasteiger partial charge in [-0.25, -0.2) is 0 Å². The molecular formula is C14H20N2O2. The molecule has 0 unspecified atom stereocenters. The van der Waals surface area contributed by atoms with Crippen LogP contribution in [-0.4, -0.2) is 24.9 Å². The Hall–Kier alpha value is -1.84. The average molecular weight is 248 g/mol. The van der Waals surface area contributed by atoms with Crippen LogP contribution in [0.1, 0.15) is 25.8 Å². The first-order valence-corrected chi connectivity index (χ1v) is 6.26. The largest absolute Gasteiger partial charge is 0.348 e. The van der Waals surface area contributed by atoms with Gasteiger partial charge in [0, 0.05) is 18.8 Å². The lowest BCUT2D eigenvalue weighted by molar-refractivity contribution is -0.137. The molecule has 1 N–H and O–H groups in total. The molecule has 1 aromatic rings. The average Bonchev–Trinajstić information content (AvgIpc) is 2.36. The second-order valence-corrected chi connectivity index (χ2v) is 4.14. The summed E-state index contributed by atoms with van der Waals surface area (Å²) in [5.41, 5.74) is 1.82. The molecule has 0 aromatic heterocycles. The van der Waals surface area contributed by atoms with Crippen LogP contribution in [0.3, 0.4) is 0 Å². The molecule has 0 bridgehead atoms. The van der Waals surface area contributed by atoms with E-state index in [0.717, 1.165) is 17.7 Å². The number of carbonyl (C=O) groups is 2. The lowest BCUT2D eigenvalue weighted by atomic mass is 10.2. The van der Waals surface area contributed by atoms with Crippen molar-refractivity contribution in [1.29, 1.82) is 0 Å². The highest BCUT2D eigenvalue weighted by Gasteiger charge is 2.21. The van der Waals surface area contributed by atoms with E-state index in [0.29, 0.717) is 13.1 Å². The number of aryl methyl sites for hydroxylation is 1. The molecule has 0 saturated carbocycles. The Balaban J connectivity index is 2.83. The highest BCUT2D eigenvalue weighted by atomic mass is 16.2. The fourth-order valence-electron chi connectivity index (χ4n) is 1.68. The van der Waals surface area contributed by atoms with Gasteiger partial charge in [0.05, 0.1) is 0 Å². The molecule has 0 heterocycles. The molecule has 4 heteroatoms. The van der Waals surface area contributed by atoms with E-state index in [4.69, 9.17) is 0 Å². The van der Waals surface area contributed by atoms with Gasteiger partial charge in [-0.05, 0) is 38.0 Å². The van der Waals surface area contributed by atoms with E-state index >= 15 is 0 Å². The van der Waals surface area contributed by atoms with Crippen LogP contribution in [0.2, 0.25) is 0 Å². The van der Waals surface area contributed by atoms with Gasteiger partial charge in [0.25, 0.3) is 0 Å². The van der Waals surface area contributed by atoms with Gasteiger partial charge in [-0.3, -0.25) is 9.59 Å². The smallest absolute Gasteiger partial charge is 0.316 e. The van der Waals surface area contributed by atoms with Gasteiger partial charge in [-0.1, -0.05) is 19.1 Å². The van der Waals surface area contributed by atoms with Crippen LogP contribution in [0.5, 0.6) is 0 Å². The van der Waals surface area contributed by atoms with E-state index < -0.39 is 11.8 Å². The van der Waals surface area contributed by atoms with E-state index in [-0.39, 0.29) is 0 Å². The van der Waals surface area contributed by atoms with E-state index in [2.05, 4.69) is 5.32 Å². The van der Waals surface area contributed by atoms with Crippen molar-refractivity contribution < 1.29 is 9.59 Å². The summed E-state index contributed by atoms with van der Waals surface area (Å²) in [5.74, 6) is -1.04. The Morgan fingerprint density at radius 2 is 2.00 bits per heavy atom. The Labute approximate surface area is 108 Å². The number of hydrogen-bond acceptors (Lipinski definition) is 2. The first-order valence-electron chi connectivity index (χ1n) is 6.26. The Bertz CT molecular complexity index is 430. The van der Waals surface area contributed by atoms with Crippen molar-refractivity contribution >= 4 is 17.5 Å². The van der Waals surface area contributed by atoms with Crippen LogP contribution in [0.25, 0.3) is 0 Å². The van der Waals surface area contributed by atoms with Crippen LogP contribution in [0.4, 0.5) is 5.69 Å². The van der Waals surface area contributed by atoms with Gasteiger partial charge >= 0.3 is 11.8 Å². The molecule has 0 radical (unpaired) electrons. The third-order valence-electron chi connectivity index (χ3n) is 2.60. The molecule has 0 saturated heterocycles. The molecule has 0 spiro atoms. The van der Waals surface area contributed by atoms with E-state index in [1.54, 1.807) is 0 Å². The Kier molecular flexibility index (Phi) is 5.36. The summed E-state index contributed by atoms with van der Waals surface area (Å²) in [6.07, 6.45) is 0.815. The summed E-state index contributed by atoms with van der Waals surface area (Å²) in [4.78, 5) is 25.1. The maximum absolute atomic E-state index is 12.0. The van der Waals surface area contributed by atoms with Gasteiger partial charge in [0.15, 0.2) is 0 Å². The molecule has 1 rings (SSSR count). The topological polar surface area (TPSA) is 49.4 Å². The predicted molar refractivity (Wildman–Crippen MR) is 72.5 cm³/mol. The minimum atomic E-state index is -0.541. The van der Waals surface area contributed by atoms with Crippen molar-refractivity contribution in [2.24, 2.45) is 0 Å². The van der Waals surface area contributed by atoms with Crippen molar-refractivity contribution in [2.45, 2.75) is 27.2 Å². The standard InChI is InChI=1S/C14H20N2O2/c1-4-9-15-13(17)14(18)16(5-2)12-8-6-7-11(3)10-12/h6-8,10H,4-5,9H2,1-3H3,(H,15,17). The number of hydrogen-bond donors (Lipinski definition) is 1. The number of nitrogens with one attached hydrogen (secondary N) is 1. The first-order chi connectivity index (χ1) is 8.60. The van der Waals surface area contributed by atoms with Gasteiger partial charge in [-0.2, -0.15) is 0 Å². The third kappa shape index (κ3) is 3.58. The number of likely N-dealkylation sites (N-methyl/N-ethyl adjacent to an activating group) is 1. The Morgan fingerprint density at radius 1 is 1.28 bits per heavy atom. The monoisotopic (exact) mass is 248 g/mol. The summed E-state index contributed by atoms with van der Waals surface area (Å²) in [6.45, 7) is 6.76. The zero-order chi connectivity index (χ0) is 13.5. The fourth-order valence-corrected chi connectivity index (χ4v) is 1.68. The summed E-state index contributed by atoms with van der Waals surface area (Å²) >= 11 is 0. The second kappa shape index (κ2) is 6.79. The summed E-state index contributed by atoms with van der Waals surface area (Å²) < 4.78 is 0. The van der Waals surface area contributed by atoms with Crippen molar-refractivity contribution in [1.82, 2.24) is 5.32 Å². The van der Waals surface area contributed by atoms with Crippen molar-refractivity contribution in [3.05, 3.63) is 29.8 Å². The van der Waals surface area contributed by atoms with Gasteiger partial charge in [0.2, 0.25) is 0 Å². The summed E-state index contributed by atoms with van der Waals surface area (Å²) in [5, 5.41) is 2.60. The normalized spacial score (nSPS) is 9.94. The molecule has 1 aromatic carbocycles. The number of anilines is 1. The van der Waals surface area contributed by atoms with E-state index in [9.17, 15) is 9.59 Å². The van der Waals surface area contributed by atoms with Gasteiger partial charge in [0.1, 0.15) is 0 Å². The minimum absolute atomic E-state index is 0.474. The number of amides is 2. The molecule has 0 aliphatic heterocycles. The quantitative estimate of drug-likeness (QED) is 0.827. The number of rotatable bonds is 4. The van der Waals surface area contributed by atoms with Crippen molar-refractivity contribution in [2.75, 3.05) is 18.0 Å². The van der Waals surface area contributed by atoms with Gasteiger partial charge in [-0.15, -0.1) is 0 Å². The molecule has 4 nitrogen and oxygen atoms in total. The van der Waals surface area contributed by atoms with E-state index in [1.807, 2.05) is 45.0 Å². The molecule has 0 aliphatic rings. The fraction of sp³-hybridized carbons (Fsp3) is 0.429. The van der Waals surface area contributed by atoms with Crippen molar-refractivity contribution in [3.63, 3.8) is 0 Å². The molecule has 98 valence electrons. The lowest BCUT2D eigenvalue weighted by Gasteiger charge is -2.20.